The molecule has 1 saturated carbocycles. The lowest BCUT2D eigenvalue weighted by Gasteiger charge is -2.41. The highest BCUT2D eigenvalue weighted by Gasteiger charge is 2.36. The van der Waals surface area contributed by atoms with Gasteiger partial charge in [0.1, 0.15) is 6.10 Å². The van der Waals surface area contributed by atoms with Gasteiger partial charge in [-0.15, -0.1) is 0 Å². The Hall–Kier alpha value is -2.70. The topological polar surface area (TPSA) is 78.9 Å². The van der Waals surface area contributed by atoms with E-state index in [0.717, 1.165) is 24.8 Å². The Morgan fingerprint density at radius 3 is 2.41 bits per heavy atom. The lowest BCUT2D eigenvalue weighted by Crippen LogP contribution is -2.49. The molecule has 2 aliphatic rings. The molecule has 0 bridgehead atoms. The maximum absolute atomic E-state index is 13.2. The summed E-state index contributed by atoms with van der Waals surface area (Å²) >= 11 is 0. The Morgan fingerprint density at radius 1 is 1.07 bits per heavy atom. The average Bonchev–Trinajstić information content (AvgIpc) is 2.72. The predicted molar refractivity (Wildman–Crippen MR) is 109 cm³/mol. The molecule has 2 fully saturated rings. The molecule has 6 heteroatoms. The summed E-state index contributed by atoms with van der Waals surface area (Å²) in [5.74, 6) is 0.0580. The smallest absolute Gasteiger partial charge is 0.254 e. The number of nitrogens with zero attached hydrogens (tertiary/aromatic N) is 1. The third-order valence-electron chi connectivity index (χ3n) is 5.81. The van der Waals surface area contributed by atoms with Crippen molar-refractivity contribution < 1.29 is 19.4 Å². The summed E-state index contributed by atoms with van der Waals surface area (Å²) in [6.07, 6.45) is 2.55. The molecule has 2 unspecified atom stereocenters. The third-order valence-corrected chi connectivity index (χ3v) is 5.81. The van der Waals surface area contributed by atoms with Crippen LogP contribution < -0.4 is 5.32 Å². The molecule has 2 aromatic carbocycles. The molecule has 1 heterocycles. The summed E-state index contributed by atoms with van der Waals surface area (Å²) in [6, 6.07) is 16.3. The van der Waals surface area contributed by atoms with E-state index in [4.69, 9.17) is 4.74 Å². The van der Waals surface area contributed by atoms with Gasteiger partial charge in [-0.25, -0.2) is 0 Å². The van der Waals surface area contributed by atoms with Crippen molar-refractivity contribution in [3.05, 3.63) is 65.7 Å². The number of amides is 2. The fraction of sp³-hybridized carbons (Fsp3) is 0.391. The zero-order valence-corrected chi connectivity index (χ0v) is 16.3. The number of anilines is 1. The van der Waals surface area contributed by atoms with Gasteiger partial charge in [0.25, 0.3) is 5.91 Å². The van der Waals surface area contributed by atoms with Crippen LogP contribution in [0.2, 0.25) is 0 Å². The fourth-order valence-electron chi connectivity index (χ4n) is 3.94. The SMILES string of the molecule is O=C(Nc1ccc(C(=O)N2CCOC(CO)C2c2ccccc2)cc1)C1CCC1. The molecular formula is C23H26N2O4. The normalized spacial score (nSPS) is 22.0. The highest BCUT2D eigenvalue weighted by Crippen LogP contribution is 2.31. The molecule has 4 rings (SSSR count). The van der Waals surface area contributed by atoms with E-state index in [1.54, 1.807) is 29.2 Å². The summed E-state index contributed by atoms with van der Waals surface area (Å²) in [5, 5.41) is 12.7. The third kappa shape index (κ3) is 4.18. The van der Waals surface area contributed by atoms with E-state index in [-0.39, 0.29) is 30.4 Å². The van der Waals surface area contributed by atoms with Crippen LogP contribution in [0.3, 0.4) is 0 Å². The van der Waals surface area contributed by atoms with Gasteiger partial charge in [0.15, 0.2) is 0 Å². The zero-order valence-electron chi connectivity index (χ0n) is 16.3. The number of hydrogen-bond acceptors (Lipinski definition) is 4. The van der Waals surface area contributed by atoms with Crippen LogP contribution >= 0.6 is 0 Å². The molecular weight excluding hydrogens is 368 g/mol. The van der Waals surface area contributed by atoms with Gasteiger partial charge in [-0.05, 0) is 42.7 Å². The molecule has 29 heavy (non-hydrogen) atoms. The van der Waals surface area contributed by atoms with E-state index in [0.29, 0.717) is 24.4 Å². The summed E-state index contributed by atoms with van der Waals surface area (Å²) in [6.45, 7) is 0.681. The first-order valence-corrected chi connectivity index (χ1v) is 10.2. The van der Waals surface area contributed by atoms with Crippen LogP contribution in [-0.4, -0.2) is 47.7 Å². The minimum absolute atomic E-state index is 0.0541. The number of aliphatic hydroxyl groups excluding tert-OH is 1. The van der Waals surface area contributed by atoms with Crippen molar-refractivity contribution in [2.75, 3.05) is 25.1 Å². The highest BCUT2D eigenvalue weighted by atomic mass is 16.5. The van der Waals surface area contributed by atoms with Gasteiger partial charge in [-0.3, -0.25) is 9.59 Å². The minimum Gasteiger partial charge on any atom is -0.394 e. The Bertz CT molecular complexity index is 849. The predicted octanol–water partition coefficient (Wildman–Crippen LogP) is 3.00. The molecule has 1 aliphatic heterocycles. The molecule has 1 aliphatic carbocycles. The molecule has 2 N–H and O–H groups in total. The molecule has 0 radical (unpaired) electrons. The van der Waals surface area contributed by atoms with Crippen LogP contribution in [-0.2, 0) is 9.53 Å². The number of carbonyl (C=O) groups is 2. The molecule has 6 nitrogen and oxygen atoms in total. The second kappa shape index (κ2) is 8.76. The maximum atomic E-state index is 13.2. The van der Waals surface area contributed by atoms with E-state index < -0.39 is 6.10 Å². The van der Waals surface area contributed by atoms with E-state index >= 15 is 0 Å². The number of benzene rings is 2. The highest BCUT2D eigenvalue weighted by molar-refractivity contribution is 5.96. The average molecular weight is 394 g/mol. The number of ether oxygens (including phenoxy) is 1. The number of aliphatic hydroxyl groups is 1. The molecule has 0 spiro atoms. The van der Waals surface area contributed by atoms with Gasteiger partial charge in [0.2, 0.25) is 5.91 Å². The number of rotatable bonds is 5. The zero-order chi connectivity index (χ0) is 20.2. The molecule has 2 atom stereocenters. The Balaban J connectivity index is 1.51. The van der Waals surface area contributed by atoms with Gasteiger partial charge < -0.3 is 20.1 Å². The molecule has 152 valence electrons. The van der Waals surface area contributed by atoms with Crippen molar-refractivity contribution in [1.82, 2.24) is 4.90 Å². The van der Waals surface area contributed by atoms with Crippen molar-refractivity contribution >= 4 is 17.5 Å². The van der Waals surface area contributed by atoms with Crippen LogP contribution in [0.15, 0.2) is 54.6 Å². The Kier molecular flexibility index (Phi) is 5.92. The number of morpholine rings is 1. The standard InChI is InChI=1S/C23H26N2O4/c26-15-20-21(16-5-2-1-3-6-16)25(13-14-29-20)23(28)18-9-11-19(12-10-18)24-22(27)17-7-4-8-17/h1-3,5-6,9-12,17,20-21,26H,4,7-8,13-15H2,(H,24,27). The van der Waals surface area contributed by atoms with Crippen LogP contribution in [0.1, 0.15) is 41.2 Å². The van der Waals surface area contributed by atoms with E-state index in [9.17, 15) is 14.7 Å². The van der Waals surface area contributed by atoms with Crippen molar-refractivity contribution in [3.8, 4) is 0 Å². The fourth-order valence-corrected chi connectivity index (χ4v) is 3.94. The number of carbonyl (C=O) groups excluding carboxylic acids is 2. The summed E-state index contributed by atoms with van der Waals surface area (Å²) in [5.41, 5.74) is 2.18. The first kappa shape index (κ1) is 19.6. The van der Waals surface area contributed by atoms with Crippen LogP contribution in [0, 0.1) is 5.92 Å². The van der Waals surface area contributed by atoms with Gasteiger partial charge in [-0.1, -0.05) is 36.8 Å². The first-order chi connectivity index (χ1) is 14.2. The number of nitrogens with one attached hydrogen (secondary N) is 1. The monoisotopic (exact) mass is 394 g/mol. The van der Waals surface area contributed by atoms with Crippen LogP contribution in [0.5, 0.6) is 0 Å². The van der Waals surface area contributed by atoms with Gasteiger partial charge in [-0.2, -0.15) is 0 Å². The summed E-state index contributed by atoms with van der Waals surface area (Å²) in [4.78, 5) is 27.1. The summed E-state index contributed by atoms with van der Waals surface area (Å²) in [7, 11) is 0. The largest absolute Gasteiger partial charge is 0.394 e. The van der Waals surface area contributed by atoms with Crippen LogP contribution in [0.25, 0.3) is 0 Å². The van der Waals surface area contributed by atoms with Crippen molar-refractivity contribution in [1.29, 1.82) is 0 Å². The van der Waals surface area contributed by atoms with Crippen molar-refractivity contribution in [2.24, 2.45) is 5.92 Å². The molecule has 0 aromatic heterocycles. The summed E-state index contributed by atoms with van der Waals surface area (Å²) < 4.78 is 5.72. The van der Waals surface area contributed by atoms with E-state index in [1.807, 2.05) is 30.3 Å². The van der Waals surface area contributed by atoms with Gasteiger partial charge >= 0.3 is 0 Å². The van der Waals surface area contributed by atoms with Gasteiger partial charge in [0, 0.05) is 23.7 Å². The molecule has 1 saturated heterocycles. The Labute approximate surface area is 170 Å². The lowest BCUT2D eigenvalue weighted by atomic mass is 9.85. The van der Waals surface area contributed by atoms with Crippen molar-refractivity contribution in [2.45, 2.75) is 31.4 Å². The second-order valence-electron chi connectivity index (χ2n) is 7.64. The first-order valence-electron chi connectivity index (χ1n) is 10.2. The maximum Gasteiger partial charge on any atom is 0.254 e. The number of hydrogen-bond donors (Lipinski definition) is 2. The van der Waals surface area contributed by atoms with Crippen molar-refractivity contribution in [3.63, 3.8) is 0 Å². The molecule has 2 aromatic rings. The quantitative estimate of drug-likeness (QED) is 0.817. The second-order valence-corrected chi connectivity index (χ2v) is 7.64. The van der Waals surface area contributed by atoms with Crippen LogP contribution in [0.4, 0.5) is 5.69 Å². The van der Waals surface area contributed by atoms with E-state index in [2.05, 4.69) is 5.32 Å². The lowest BCUT2D eigenvalue weighted by molar-refractivity contribution is -0.122. The van der Waals surface area contributed by atoms with Gasteiger partial charge in [0.05, 0.1) is 19.3 Å². The Morgan fingerprint density at radius 2 is 1.79 bits per heavy atom. The van der Waals surface area contributed by atoms with E-state index in [1.165, 1.54) is 0 Å². The minimum atomic E-state index is -0.462. The molecule has 2 amide bonds.